The summed E-state index contributed by atoms with van der Waals surface area (Å²) in [6.45, 7) is 9.04. The van der Waals surface area contributed by atoms with Crippen LogP contribution in [0.2, 0.25) is 0 Å². The van der Waals surface area contributed by atoms with Crippen molar-refractivity contribution in [2.75, 3.05) is 6.54 Å². The van der Waals surface area contributed by atoms with Crippen LogP contribution in [0.5, 0.6) is 0 Å². The van der Waals surface area contributed by atoms with Crippen LogP contribution in [0.25, 0.3) is 0 Å². The standard InChI is InChI=1S/C15H24N2/c1-11-9-17(13(3)15(16)12(11)2)10-14-7-5-4-6-8-14/h4-8,11-13,15H,9-10,16H2,1-3H3/t11-,12+,13-,15+/m1/s1. The zero-order valence-corrected chi connectivity index (χ0v) is 11.1. The number of benzene rings is 1. The van der Waals surface area contributed by atoms with E-state index in [1.165, 1.54) is 5.56 Å². The number of nitrogens with two attached hydrogens (primary N) is 1. The monoisotopic (exact) mass is 232 g/mol. The first-order chi connectivity index (χ1) is 8.09. The van der Waals surface area contributed by atoms with Crippen LogP contribution in [-0.4, -0.2) is 23.5 Å². The summed E-state index contributed by atoms with van der Waals surface area (Å²) in [5.74, 6) is 1.31. The molecule has 0 bridgehead atoms. The summed E-state index contributed by atoms with van der Waals surface area (Å²) in [6, 6.07) is 11.4. The first kappa shape index (κ1) is 12.6. The second-order valence-electron chi connectivity index (χ2n) is 5.57. The molecule has 0 unspecified atom stereocenters. The van der Waals surface area contributed by atoms with E-state index in [0.29, 0.717) is 23.9 Å². The molecule has 0 amide bonds. The molecule has 0 aromatic heterocycles. The molecule has 1 fully saturated rings. The Labute approximate surface area is 105 Å². The third-order valence-corrected chi connectivity index (χ3v) is 4.39. The Morgan fingerprint density at radius 2 is 1.82 bits per heavy atom. The molecule has 1 aliphatic rings. The number of piperidine rings is 1. The molecule has 4 atom stereocenters. The fourth-order valence-corrected chi connectivity index (χ4v) is 2.79. The first-order valence-electron chi connectivity index (χ1n) is 6.63. The van der Waals surface area contributed by atoms with Crippen LogP contribution >= 0.6 is 0 Å². The lowest BCUT2D eigenvalue weighted by Gasteiger charge is -2.45. The fraction of sp³-hybridized carbons (Fsp3) is 0.600. The van der Waals surface area contributed by atoms with Crippen molar-refractivity contribution in [2.45, 2.75) is 39.4 Å². The van der Waals surface area contributed by atoms with Gasteiger partial charge in [-0.05, 0) is 24.3 Å². The number of likely N-dealkylation sites (tertiary alicyclic amines) is 1. The van der Waals surface area contributed by atoms with Crippen LogP contribution in [0.15, 0.2) is 30.3 Å². The lowest BCUT2D eigenvalue weighted by molar-refractivity contribution is 0.0586. The van der Waals surface area contributed by atoms with Gasteiger partial charge in [-0.3, -0.25) is 4.90 Å². The summed E-state index contributed by atoms with van der Waals surface area (Å²) >= 11 is 0. The van der Waals surface area contributed by atoms with Gasteiger partial charge in [0.05, 0.1) is 0 Å². The molecule has 94 valence electrons. The highest BCUT2D eigenvalue weighted by atomic mass is 15.2. The van der Waals surface area contributed by atoms with Gasteiger partial charge < -0.3 is 5.73 Å². The lowest BCUT2D eigenvalue weighted by atomic mass is 9.81. The van der Waals surface area contributed by atoms with E-state index in [2.05, 4.69) is 56.0 Å². The van der Waals surface area contributed by atoms with E-state index < -0.39 is 0 Å². The van der Waals surface area contributed by atoms with Crippen LogP contribution < -0.4 is 5.73 Å². The molecule has 1 aliphatic heterocycles. The van der Waals surface area contributed by atoms with Crippen LogP contribution in [-0.2, 0) is 6.54 Å². The summed E-state index contributed by atoms with van der Waals surface area (Å²) in [5.41, 5.74) is 7.70. The highest BCUT2D eigenvalue weighted by Crippen LogP contribution is 2.27. The van der Waals surface area contributed by atoms with Crippen molar-refractivity contribution in [1.29, 1.82) is 0 Å². The van der Waals surface area contributed by atoms with Crippen LogP contribution in [0.1, 0.15) is 26.3 Å². The summed E-state index contributed by atoms with van der Waals surface area (Å²) in [4.78, 5) is 2.52. The second-order valence-corrected chi connectivity index (χ2v) is 5.57. The third-order valence-electron chi connectivity index (χ3n) is 4.39. The number of rotatable bonds is 2. The Morgan fingerprint density at radius 1 is 1.18 bits per heavy atom. The maximum atomic E-state index is 6.31. The number of hydrogen-bond acceptors (Lipinski definition) is 2. The molecule has 1 aromatic rings. The van der Waals surface area contributed by atoms with Crippen LogP contribution in [0, 0.1) is 11.8 Å². The SMILES string of the molecule is C[C@@H]1[C@H](N)[C@@H](C)N(Cc2ccccc2)C[C@H]1C. The van der Waals surface area contributed by atoms with Crippen molar-refractivity contribution >= 4 is 0 Å². The van der Waals surface area contributed by atoms with Crippen molar-refractivity contribution in [3.05, 3.63) is 35.9 Å². The Balaban J connectivity index is 2.06. The summed E-state index contributed by atoms with van der Waals surface area (Å²) in [5, 5.41) is 0. The molecular weight excluding hydrogens is 208 g/mol. The molecule has 2 N–H and O–H groups in total. The van der Waals surface area contributed by atoms with Crippen molar-refractivity contribution in [1.82, 2.24) is 4.90 Å². The van der Waals surface area contributed by atoms with Crippen molar-refractivity contribution in [2.24, 2.45) is 17.6 Å². The maximum Gasteiger partial charge on any atom is 0.0237 e. The topological polar surface area (TPSA) is 29.3 Å². The molecule has 0 aliphatic carbocycles. The van der Waals surface area contributed by atoms with Crippen molar-refractivity contribution < 1.29 is 0 Å². The van der Waals surface area contributed by atoms with Gasteiger partial charge in [-0.2, -0.15) is 0 Å². The van der Waals surface area contributed by atoms with E-state index in [9.17, 15) is 0 Å². The summed E-state index contributed by atoms with van der Waals surface area (Å²) < 4.78 is 0. The molecular formula is C15H24N2. The lowest BCUT2D eigenvalue weighted by Crippen LogP contribution is -2.56. The zero-order valence-electron chi connectivity index (χ0n) is 11.1. The number of hydrogen-bond donors (Lipinski definition) is 1. The normalized spacial score (nSPS) is 34.8. The Bertz CT molecular complexity index is 349. The smallest absolute Gasteiger partial charge is 0.0237 e. The van der Waals surface area contributed by atoms with E-state index in [4.69, 9.17) is 5.73 Å². The van der Waals surface area contributed by atoms with E-state index in [-0.39, 0.29) is 0 Å². The minimum absolute atomic E-state index is 0.294. The molecule has 17 heavy (non-hydrogen) atoms. The third kappa shape index (κ3) is 2.70. The summed E-state index contributed by atoms with van der Waals surface area (Å²) in [6.07, 6.45) is 0. The zero-order chi connectivity index (χ0) is 12.4. The fourth-order valence-electron chi connectivity index (χ4n) is 2.79. The maximum absolute atomic E-state index is 6.31. The molecule has 0 saturated carbocycles. The first-order valence-corrected chi connectivity index (χ1v) is 6.63. The highest BCUT2D eigenvalue weighted by Gasteiger charge is 2.34. The highest BCUT2D eigenvalue weighted by molar-refractivity contribution is 5.15. The van der Waals surface area contributed by atoms with Gasteiger partial charge in [0, 0.05) is 25.2 Å². The molecule has 2 nitrogen and oxygen atoms in total. The predicted molar refractivity (Wildman–Crippen MR) is 72.6 cm³/mol. The van der Waals surface area contributed by atoms with Gasteiger partial charge in [-0.25, -0.2) is 0 Å². The largest absolute Gasteiger partial charge is 0.326 e. The van der Waals surface area contributed by atoms with Crippen LogP contribution in [0.4, 0.5) is 0 Å². The minimum atomic E-state index is 0.294. The quantitative estimate of drug-likeness (QED) is 0.849. The molecule has 1 saturated heterocycles. The Morgan fingerprint density at radius 3 is 2.47 bits per heavy atom. The van der Waals surface area contributed by atoms with E-state index >= 15 is 0 Å². The average Bonchev–Trinajstić information content (AvgIpc) is 2.35. The molecule has 1 heterocycles. The molecule has 0 radical (unpaired) electrons. The van der Waals surface area contributed by atoms with Gasteiger partial charge in [0.1, 0.15) is 0 Å². The van der Waals surface area contributed by atoms with Gasteiger partial charge in [0.15, 0.2) is 0 Å². The Hall–Kier alpha value is -0.860. The second kappa shape index (κ2) is 5.19. The molecule has 2 rings (SSSR count). The van der Waals surface area contributed by atoms with Gasteiger partial charge in [0.2, 0.25) is 0 Å². The molecule has 1 aromatic carbocycles. The summed E-state index contributed by atoms with van der Waals surface area (Å²) in [7, 11) is 0. The average molecular weight is 232 g/mol. The van der Waals surface area contributed by atoms with E-state index in [0.717, 1.165) is 13.1 Å². The predicted octanol–water partition coefficient (Wildman–Crippen LogP) is 2.49. The molecule has 2 heteroatoms. The minimum Gasteiger partial charge on any atom is -0.326 e. The van der Waals surface area contributed by atoms with Gasteiger partial charge in [-0.15, -0.1) is 0 Å². The van der Waals surface area contributed by atoms with E-state index in [1.54, 1.807) is 0 Å². The van der Waals surface area contributed by atoms with Crippen molar-refractivity contribution in [3.8, 4) is 0 Å². The van der Waals surface area contributed by atoms with Gasteiger partial charge in [0.25, 0.3) is 0 Å². The van der Waals surface area contributed by atoms with Gasteiger partial charge >= 0.3 is 0 Å². The van der Waals surface area contributed by atoms with Crippen LogP contribution in [0.3, 0.4) is 0 Å². The van der Waals surface area contributed by atoms with E-state index in [1.807, 2.05) is 0 Å². The Kier molecular flexibility index (Phi) is 3.85. The van der Waals surface area contributed by atoms with Gasteiger partial charge in [-0.1, -0.05) is 44.2 Å². The number of nitrogens with zero attached hydrogens (tertiary/aromatic N) is 1. The van der Waals surface area contributed by atoms with Crippen molar-refractivity contribution in [3.63, 3.8) is 0 Å². The molecule has 0 spiro atoms.